The Hall–Kier alpha value is -4.20. The third kappa shape index (κ3) is 3.84. The second-order valence-corrected chi connectivity index (χ2v) is 10.3. The van der Waals surface area contributed by atoms with Gasteiger partial charge in [-0.25, -0.2) is 4.98 Å². The molecule has 0 unspecified atom stereocenters. The zero-order chi connectivity index (χ0) is 24.9. The smallest absolute Gasteiger partial charge is 0.175 e. The molecule has 0 radical (unpaired) electrons. The highest BCUT2D eigenvalue weighted by Gasteiger charge is 2.16. The lowest BCUT2D eigenvalue weighted by molar-refractivity contribution is 1.34. The number of nitrogens with zero attached hydrogens (tertiary/aromatic N) is 1. The number of anilines is 2. The molecule has 2 aromatic heterocycles. The molecule has 0 aliphatic heterocycles. The molecule has 0 amide bonds. The summed E-state index contributed by atoms with van der Waals surface area (Å²) in [6, 6.07) is 30.9. The molecule has 0 bridgehead atoms. The van der Waals surface area contributed by atoms with Gasteiger partial charge in [0.2, 0.25) is 0 Å². The number of rotatable bonds is 3. The molecular formula is C30H20BrN5S. The van der Waals surface area contributed by atoms with Crippen molar-refractivity contribution in [3.63, 3.8) is 0 Å². The molecule has 0 aliphatic carbocycles. The Labute approximate surface area is 226 Å². The zero-order valence-corrected chi connectivity index (χ0v) is 21.9. The number of para-hydroxylation sites is 1. The summed E-state index contributed by atoms with van der Waals surface area (Å²) >= 11 is 9.18. The summed E-state index contributed by atoms with van der Waals surface area (Å²) in [5.74, 6) is 0.830. The number of thiocarbonyl (C=S) groups is 1. The van der Waals surface area contributed by atoms with Crippen molar-refractivity contribution in [2.45, 2.75) is 0 Å². The van der Waals surface area contributed by atoms with E-state index in [0.717, 1.165) is 65.3 Å². The van der Waals surface area contributed by atoms with Crippen LogP contribution in [0.5, 0.6) is 0 Å². The van der Waals surface area contributed by atoms with Gasteiger partial charge < -0.3 is 20.6 Å². The highest BCUT2D eigenvalue weighted by Crippen LogP contribution is 2.38. The Morgan fingerprint density at radius 3 is 2.35 bits per heavy atom. The second-order valence-electron chi connectivity index (χ2n) is 8.95. The average Bonchev–Trinajstić information content (AvgIpc) is 3.54. The Kier molecular flexibility index (Phi) is 5.20. The van der Waals surface area contributed by atoms with Gasteiger partial charge in [-0.3, -0.25) is 0 Å². The first-order chi connectivity index (χ1) is 18.1. The van der Waals surface area contributed by atoms with Crippen LogP contribution in [0, 0.1) is 0 Å². The number of fused-ring (bicyclic) bond motifs is 7. The molecule has 0 spiro atoms. The number of aromatic amines is 2. The topological polar surface area (TPSA) is 68.5 Å². The maximum Gasteiger partial charge on any atom is 0.175 e. The van der Waals surface area contributed by atoms with Gasteiger partial charge in [0.1, 0.15) is 5.82 Å². The Morgan fingerprint density at radius 2 is 1.49 bits per heavy atom. The van der Waals surface area contributed by atoms with Gasteiger partial charge in [-0.05, 0) is 65.5 Å². The molecule has 0 fully saturated rings. The van der Waals surface area contributed by atoms with Crippen molar-refractivity contribution in [3.05, 3.63) is 102 Å². The lowest BCUT2D eigenvalue weighted by Gasteiger charge is -2.12. The molecule has 7 heteroatoms. The fraction of sp³-hybridized carbons (Fsp3) is 0. The zero-order valence-electron chi connectivity index (χ0n) is 19.5. The Balaban J connectivity index is 1.39. The van der Waals surface area contributed by atoms with Crippen molar-refractivity contribution in [1.82, 2.24) is 15.0 Å². The van der Waals surface area contributed by atoms with Gasteiger partial charge in [-0.15, -0.1) is 0 Å². The number of benzene rings is 5. The van der Waals surface area contributed by atoms with Crippen LogP contribution in [0.15, 0.2) is 102 Å². The van der Waals surface area contributed by atoms with Crippen LogP contribution in [0.1, 0.15) is 0 Å². The summed E-state index contributed by atoms with van der Waals surface area (Å²) < 4.78 is 1.03. The molecule has 2 heterocycles. The highest BCUT2D eigenvalue weighted by atomic mass is 79.9. The van der Waals surface area contributed by atoms with Crippen LogP contribution in [-0.4, -0.2) is 20.1 Å². The maximum atomic E-state index is 5.58. The largest absolute Gasteiger partial charge is 0.360 e. The number of aromatic nitrogens is 3. The van der Waals surface area contributed by atoms with Crippen molar-refractivity contribution >= 4 is 88.1 Å². The van der Waals surface area contributed by atoms with E-state index < -0.39 is 0 Å². The second kappa shape index (κ2) is 8.73. The molecule has 178 valence electrons. The molecule has 0 aliphatic rings. The van der Waals surface area contributed by atoms with Gasteiger partial charge in [0, 0.05) is 49.3 Å². The Bertz CT molecular complexity index is 1970. The average molecular weight is 562 g/mol. The van der Waals surface area contributed by atoms with E-state index in [1.807, 2.05) is 42.6 Å². The third-order valence-electron chi connectivity index (χ3n) is 6.65. The predicted octanol–water partition coefficient (Wildman–Crippen LogP) is 8.59. The van der Waals surface area contributed by atoms with Crippen LogP contribution >= 0.6 is 28.1 Å². The van der Waals surface area contributed by atoms with E-state index in [-0.39, 0.29) is 0 Å². The lowest BCUT2D eigenvalue weighted by Crippen LogP contribution is -2.18. The SMILES string of the molecule is S=C(Nc1ccccc1)Nc1ccc2c3ccccc3c3[nH]c(-c4c[nH]c5ccc(Br)cc45)nc3c2c1. The van der Waals surface area contributed by atoms with Crippen LogP contribution in [-0.2, 0) is 0 Å². The Morgan fingerprint density at radius 1 is 0.730 bits per heavy atom. The first-order valence-electron chi connectivity index (χ1n) is 11.9. The standard InChI is InChI=1S/C30H20BrN5S/c31-17-10-13-26-23(14-17)25(16-32-26)29-35-27-22-9-5-4-8-20(22)21-12-11-19(15-24(21)28(27)36-29)34-30(37)33-18-6-2-1-3-7-18/h1-16,32H,(H,35,36)(H2,33,34,37). The molecule has 5 aromatic carbocycles. The molecule has 37 heavy (non-hydrogen) atoms. The lowest BCUT2D eigenvalue weighted by atomic mass is 9.99. The number of halogens is 1. The van der Waals surface area contributed by atoms with Crippen molar-refractivity contribution < 1.29 is 0 Å². The molecule has 0 saturated heterocycles. The van der Waals surface area contributed by atoms with Crippen LogP contribution in [0.2, 0.25) is 0 Å². The normalized spacial score (nSPS) is 11.5. The van der Waals surface area contributed by atoms with Gasteiger partial charge in [0.05, 0.1) is 11.0 Å². The first kappa shape index (κ1) is 22.0. The van der Waals surface area contributed by atoms with E-state index in [4.69, 9.17) is 17.2 Å². The minimum absolute atomic E-state index is 0.537. The monoisotopic (exact) mass is 561 g/mol. The number of H-pyrrole nitrogens is 2. The third-order valence-corrected chi connectivity index (χ3v) is 7.35. The summed E-state index contributed by atoms with van der Waals surface area (Å²) in [4.78, 5) is 12.1. The van der Waals surface area contributed by atoms with E-state index in [0.29, 0.717) is 5.11 Å². The van der Waals surface area contributed by atoms with E-state index in [2.05, 4.69) is 91.1 Å². The summed E-state index contributed by atoms with van der Waals surface area (Å²) in [5.41, 5.74) is 5.89. The predicted molar refractivity (Wildman–Crippen MR) is 162 cm³/mol. The summed E-state index contributed by atoms with van der Waals surface area (Å²) in [7, 11) is 0. The van der Waals surface area contributed by atoms with Crippen molar-refractivity contribution in [2.24, 2.45) is 0 Å². The summed E-state index contributed by atoms with van der Waals surface area (Å²) in [6.45, 7) is 0. The van der Waals surface area contributed by atoms with E-state index in [1.165, 1.54) is 5.39 Å². The number of hydrogen-bond donors (Lipinski definition) is 4. The molecule has 5 nitrogen and oxygen atoms in total. The first-order valence-corrected chi connectivity index (χ1v) is 13.1. The minimum atomic E-state index is 0.537. The molecule has 0 atom stereocenters. The summed E-state index contributed by atoms with van der Waals surface area (Å²) in [5, 5.41) is 12.8. The summed E-state index contributed by atoms with van der Waals surface area (Å²) in [6.07, 6.45) is 2.01. The molecule has 7 aromatic rings. The van der Waals surface area contributed by atoms with Crippen LogP contribution < -0.4 is 10.6 Å². The molecule has 7 rings (SSSR count). The highest BCUT2D eigenvalue weighted by molar-refractivity contribution is 9.10. The molecule has 4 N–H and O–H groups in total. The van der Waals surface area contributed by atoms with Crippen molar-refractivity contribution in [2.75, 3.05) is 10.6 Å². The quantitative estimate of drug-likeness (QED) is 0.129. The van der Waals surface area contributed by atoms with E-state index in [1.54, 1.807) is 0 Å². The minimum Gasteiger partial charge on any atom is -0.360 e. The van der Waals surface area contributed by atoms with Gasteiger partial charge in [0.25, 0.3) is 0 Å². The fourth-order valence-corrected chi connectivity index (χ4v) is 5.58. The van der Waals surface area contributed by atoms with Crippen LogP contribution in [0.3, 0.4) is 0 Å². The van der Waals surface area contributed by atoms with Crippen molar-refractivity contribution in [1.29, 1.82) is 0 Å². The van der Waals surface area contributed by atoms with Gasteiger partial charge in [-0.1, -0.05) is 64.5 Å². The van der Waals surface area contributed by atoms with E-state index in [9.17, 15) is 0 Å². The number of hydrogen-bond acceptors (Lipinski definition) is 2. The van der Waals surface area contributed by atoms with E-state index >= 15 is 0 Å². The van der Waals surface area contributed by atoms with Crippen LogP contribution in [0.4, 0.5) is 11.4 Å². The van der Waals surface area contributed by atoms with Gasteiger partial charge in [-0.2, -0.15) is 0 Å². The van der Waals surface area contributed by atoms with Gasteiger partial charge >= 0.3 is 0 Å². The molecule has 0 saturated carbocycles. The maximum absolute atomic E-state index is 5.58. The fourth-order valence-electron chi connectivity index (χ4n) is 4.98. The molecular weight excluding hydrogens is 542 g/mol. The van der Waals surface area contributed by atoms with Gasteiger partial charge in [0.15, 0.2) is 5.11 Å². The number of nitrogens with one attached hydrogen (secondary N) is 4. The number of imidazole rings is 1. The van der Waals surface area contributed by atoms with Crippen molar-refractivity contribution in [3.8, 4) is 11.4 Å². The van der Waals surface area contributed by atoms with Crippen LogP contribution in [0.25, 0.3) is 54.9 Å².